The average Bonchev–Trinajstić information content (AvgIpc) is 2.45. The molecule has 0 unspecified atom stereocenters. The van der Waals surface area contributed by atoms with Crippen LogP contribution in [-0.4, -0.2) is 49.7 Å². The monoisotopic (exact) mass is 328 g/mol. The number of carbonyl (C=O) groups is 1. The number of nitrogens with zero attached hydrogens (tertiary/aromatic N) is 2. The lowest BCUT2D eigenvalue weighted by atomic mass is 9.94. The highest BCUT2D eigenvalue weighted by Gasteiger charge is 2.33. The van der Waals surface area contributed by atoms with Gasteiger partial charge in [0.15, 0.2) is 0 Å². The topological polar surface area (TPSA) is 57.7 Å². The maximum Gasteiger partial charge on any atom is 0.243 e. The van der Waals surface area contributed by atoms with E-state index in [1.807, 2.05) is 20.8 Å². The van der Waals surface area contributed by atoms with Crippen LogP contribution in [0.25, 0.3) is 0 Å². The summed E-state index contributed by atoms with van der Waals surface area (Å²) in [4.78, 5) is 13.8. The van der Waals surface area contributed by atoms with Gasteiger partial charge in [-0.15, -0.1) is 0 Å². The minimum Gasteiger partial charge on any atom is -0.340 e. The Hall–Kier alpha value is -1.47. The summed E-state index contributed by atoms with van der Waals surface area (Å²) < 4.78 is 39.5. The lowest BCUT2D eigenvalue weighted by Crippen LogP contribution is -2.52. The molecule has 1 aliphatic rings. The van der Waals surface area contributed by atoms with Crippen LogP contribution in [0.5, 0.6) is 0 Å². The van der Waals surface area contributed by atoms with Gasteiger partial charge in [-0.05, 0) is 18.2 Å². The van der Waals surface area contributed by atoms with Crippen molar-refractivity contribution in [2.75, 3.05) is 26.2 Å². The van der Waals surface area contributed by atoms with Gasteiger partial charge in [0.2, 0.25) is 15.9 Å². The van der Waals surface area contributed by atoms with E-state index in [1.54, 1.807) is 4.90 Å². The molecule has 0 saturated carbocycles. The second kappa shape index (κ2) is 5.96. The third-order valence-electron chi connectivity index (χ3n) is 3.60. The van der Waals surface area contributed by atoms with E-state index >= 15 is 0 Å². The Labute approximate surface area is 130 Å². The molecule has 0 atom stereocenters. The molecule has 0 bridgehead atoms. The van der Waals surface area contributed by atoms with Gasteiger partial charge in [0.05, 0.1) is 4.90 Å². The largest absolute Gasteiger partial charge is 0.340 e. The molecule has 1 aliphatic heterocycles. The number of hydrogen-bond donors (Lipinski definition) is 0. The molecule has 2 rings (SSSR count). The van der Waals surface area contributed by atoms with Gasteiger partial charge in [0.25, 0.3) is 0 Å². The minimum atomic E-state index is -3.71. The minimum absolute atomic E-state index is 0.00954. The SMILES string of the molecule is CC(C)(C)C(=O)N1CCN(S(=O)(=O)c2cccc(F)c2)CC1. The molecule has 5 nitrogen and oxygen atoms in total. The summed E-state index contributed by atoms with van der Waals surface area (Å²) in [6, 6.07) is 4.98. The van der Waals surface area contributed by atoms with Crippen LogP contribution in [0, 0.1) is 11.2 Å². The van der Waals surface area contributed by atoms with Gasteiger partial charge in [-0.1, -0.05) is 26.8 Å². The zero-order valence-corrected chi connectivity index (χ0v) is 13.9. The number of hydrogen-bond acceptors (Lipinski definition) is 3. The number of amides is 1. The zero-order valence-electron chi connectivity index (χ0n) is 13.0. The fraction of sp³-hybridized carbons (Fsp3) is 0.533. The summed E-state index contributed by atoms with van der Waals surface area (Å²) in [6.45, 7) is 6.66. The Bertz CT molecular complexity index is 660. The van der Waals surface area contributed by atoms with Crippen LogP contribution in [0.1, 0.15) is 20.8 Å². The van der Waals surface area contributed by atoms with Gasteiger partial charge in [0, 0.05) is 31.6 Å². The van der Waals surface area contributed by atoms with Crippen LogP contribution in [0.2, 0.25) is 0 Å². The molecule has 1 aromatic rings. The molecule has 0 aromatic heterocycles. The van der Waals surface area contributed by atoms with Crippen LogP contribution >= 0.6 is 0 Å². The van der Waals surface area contributed by atoms with Gasteiger partial charge in [-0.25, -0.2) is 12.8 Å². The Morgan fingerprint density at radius 3 is 2.23 bits per heavy atom. The van der Waals surface area contributed by atoms with Crippen LogP contribution in [0.4, 0.5) is 4.39 Å². The van der Waals surface area contributed by atoms with E-state index in [0.29, 0.717) is 13.1 Å². The normalized spacial score (nSPS) is 17.5. The van der Waals surface area contributed by atoms with E-state index in [1.165, 1.54) is 22.5 Å². The van der Waals surface area contributed by atoms with Crippen LogP contribution in [0.15, 0.2) is 29.2 Å². The molecule has 0 radical (unpaired) electrons. The number of carbonyl (C=O) groups excluding carboxylic acids is 1. The molecule has 7 heteroatoms. The van der Waals surface area contributed by atoms with Crippen LogP contribution in [0.3, 0.4) is 0 Å². The molecule has 1 saturated heterocycles. The first kappa shape index (κ1) is 16.9. The van der Waals surface area contributed by atoms with Crippen molar-refractivity contribution in [3.63, 3.8) is 0 Å². The summed E-state index contributed by atoms with van der Waals surface area (Å²) in [5.41, 5.74) is -0.483. The van der Waals surface area contributed by atoms with Crippen molar-refractivity contribution in [3.8, 4) is 0 Å². The fourth-order valence-corrected chi connectivity index (χ4v) is 3.84. The quantitative estimate of drug-likeness (QED) is 0.830. The van der Waals surface area contributed by atoms with Gasteiger partial charge in [-0.3, -0.25) is 4.79 Å². The summed E-state index contributed by atoms with van der Waals surface area (Å²) in [7, 11) is -3.71. The van der Waals surface area contributed by atoms with Crippen molar-refractivity contribution < 1.29 is 17.6 Å². The van der Waals surface area contributed by atoms with E-state index in [4.69, 9.17) is 0 Å². The maximum absolute atomic E-state index is 13.2. The second-order valence-corrected chi connectivity index (χ2v) is 8.34. The fourth-order valence-electron chi connectivity index (χ4n) is 2.38. The van der Waals surface area contributed by atoms with Crippen molar-refractivity contribution in [2.45, 2.75) is 25.7 Å². The van der Waals surface area contributed by atoms with E-state index in [2.05, 4.69) is 0 Å². The predicted molar refractivity (Wildman–Crippen MR) is 81.2 cm³/mol. The van der Waals surface area contributed by atoms with Crippen LogP contribution < -0.4 is 0 Å². The van der Waals surface area contributed by atoms with Gasteiger partial charge >= 0.3 is 0 Å². The van der Waals surface area contributed by atoms with E-state index in [9.17, 15) is 17.6 Å². The Morgan fingerprint density at radius 2 is 1.73 bits per heavy atom. The number of piperazine rings is 1. The van der Waals surface area contributed by atoms with Crippen molar-refractivity contribution in [1.82, 2.24) is 9.21 Å². The van der Waals surface area contributed by atoms with Crippen molar-refractivity contribution >= 4 is 15.9 Å². The number of halogens is 1. The second-order valence-electron chi connectivity index (χ2n) is 6.40. The van der Waals surface area contributed by atoms with Crippen molar-refractivity contribution in [2.24, 2.45) is 5.41 Å². The summed E-state index contributed by atoms with van der Waals surface area (Å²) in [5.74, 6) is -0.571. The molecular formula is C15H21FN2O3S. The Morgan fingerprint density at radius 1 is 1.14 bits per heavy atom. The molecule has 0 N–H and O–H groups in total. The van der Waals surface area contributed by atoms with Gasteiger partial charge in [0.1, 0.15) is 5.82 Å². The van der Waals surface area contributed by atoms with Crippen molar-refractivity contribution in [1.29, 1.82) is 0 Å². The van der Waals surface area contributed by atoms with Gasteiger partial charge < -0.3 is 4.90 Å². The molecule has 22 heavy (non-hydrogen) atoms. The standard InChI is InChI=1S/C15H21FN2O3S/c1-15(2,3)14(19)17-7-9-18(10-8-17)22(20,21)13-6-4-5-12(16)11-13/h4-6,11H,7-10H2,1-3H3. The molecule has 1 heterocycles. The third kappa shape index (κ3) is 3.47. The number of rotatable bonds is 2. The van der Waals surface area contributed by atoms with E-state index in [0.717, 1.165) is 6.07 Å². The highest BCUT2D eigenvalue weighted by atomic mass is 32.2. The lowest BCUT2D eigenvalue weighted by Gasteiger charge is -2.37. The Kier molecular flexibility index (Phi) is 4.58. The maximum atomic E-state index is 13.2. The summed E-state index contributed by atoms with van der Waals surface area (Å²) in [5, 5.41) is 0. The highest BCUT2D eigenvalue weighted by molar-refractivity contribution is 7.89. The first-order valence-corrected chi connectivity index (χ1v) is 8.61. The molecule has 122 valence electrons. The summed E-state index contributed by atoms with van der Waals surface area (Å²) in [6.07, 6.45) is 0. The smallest absolute Gasteiger partial charge is 0.243 e. The van der Waals surface area contributed by atoms with Crippen molar-refractivity contribution in [3.05, 3.63) is 30.1 Å². The first-order chi connectivity index (χ1) is 10.1. The van der Waals surface area contributed by atoms with E-state index in [-0.39, 0.29) is 23.9 Å². The number of sulfonamides is 1. The Balaban J connectivity index is 2.10. The third-order valence-corrected chi connectivity index (χ3v) is 5.50. The summed E-state index contributed by atoms with van der Waals surface area (Å²) >= 11 is 0. The lowest BCUT2D eigenvalue weighted by molar-refractivity contribution is -0.140. The molecule has 1 aromatic carbocycles. The first-order valence-electron chi connectivity index (χ1n) is 7.17. The average molecular weight is 328 g/mol. The van der Waals surface area contributed by atoms with E-state index < -0.39 is 21.3 Å². The highest BCUT2D eigenvalue weighted by Crippen LogP contribution is 2.22. The number of benzene rings is 1. The molecular weight excluding hydrogens is 307 g/mol. The molecule has 1 fully saturated rings. The molecule has 1 amide bonds. The van der Waals surface area contributed by atoms with Crippen LogP contribution in [-0.2, 0) is 14.8 Å². The molecule has 0 aliphatic carbocycles. The predicted octanol–water partition coefficient (Wildman–Crippen LogP) is 1.70. The van der Waals surface area contributed by atoms with Gasteiger partial charge in [-0.2, -0.15) is 4.31 Å². The zero-order chi connectivity index (χ0) is 16.5. The molecule has 0 spiro atoms.